The van der Waals surface area contributed by atoms with E-state index >= 15 is 0 Å². The molecule has 0 radical (unpaired) electrons. The van der Waals surface area contributed by atoms with E-state index in [4.69, 9.17) is 11.5 Å². The van der Waals surface area contributed by atoms with E-state index in [1.165, 1.54) is 42.1 Å². The first kappa shape index (κ1) is 25.8. The number of primary amides is 1. The van der Waals surface area contributed by atoms with E-state index in [-0.39, 0.29) is 24.4 Å². The van der Waals surface area contributed by atoms with Crippen molar-refractivity contribution in [3.05, 3.63) is 65.0 Å². The lowest BCUT2D eigenvalue weighted by Gasteiger charge is -2.33. The standard InChI is InChI=1S/C24H31FN4O4/c1-14-11-17(7-10-21(14)30)13-20(22(27)31)29(4)23(32)15(2)28(3)24(33)19(26)12-16-5-8-18(25)9-6-16/h5-11,15,19-20,30H,12-13,26H2,1-4H3,(H2,27,31)/t15-,19-,20-/m0/s1. The molecule has 8 nitrogen and oxygen atoms in total. The third-order valence-corrected chi connectivity index (χ3v) is 5.81. The number of carbonyl (C=O) groups excluding carboxylic acids is 3. The average Bonchev–Trinajstić information content (AvgIpc) is 2.78. The number of nitrogens with two attached hydrogens (primary N) is 2. The summed E-state index contributed by atoms with van der Waals surface area (Å²) >= 11 is 0. The van der Waals surface area contributed by atoms with Crippen LogP contribution in [0.15, 0.2) is 42.5 Å². The SMILES string of the molecule is Cc1cc(C[C@@H](C(N)=O)N(C)C(=O)[C@H](C)N(C)C(=O)[C@@H](N)Cc2ccc(F)cc2)ccc1O. The highest BCUT2D eigenvalue weighted by molar-refractivity contribution is 5.92. The molecule has 178 valence electrons. The topological polar surface area (TPSA) is 130 Å². The van der Waals surface area contributed by atoms with Gasteiger partial charge in [-0.25, -0.2) is 4.39 Å². The molecule has 0 aromatic heterocycles. The van der Waals surface area contributed by atoms with Crippen molar-refractivity contribution >= 4 is 17.7 Å². The number of amides is 3. The van der Waals surface area contributed by atoms with Crippen LogP contribution in [0.2, 0.25) is 0 Å². The van der Waals surface area contributed by atoms with Crippen LogP contribution in [0.4, 0.5) is 4.39 Å². The second-order valence-electron chi connectivity index (χ2n) is 8.25. The van der Waals surface area contributed by atoms with E-state index in [2.05, 4.69) is 0 Å². The summed E-state index contributed by atoms with van der Waals surface area (Å²) in [6, 6.07) is 7.80. The van der Waals surface area contributed by atoms with E-state index in [0.29, 0.717) is 11.1 Å². The molecule has 0 bridgehead atoms. The second-order valence-corrected chi connectivity index (χ2v) is 8.25. The van der Waals surface area contributed by atoms with Gasteiger partial charge in [-0.05, 0) is 55.2 Å². The molecule has 0 fully saturated rings. The van der Waals surface area contributed by atoms with Gasteiger partial charge in [0.25, 0.3) is 0 Å². The molecule has 3 amide bonds. The van der Waals surface area contributed by atoms with Gasteiger partial charge in [-0.3, -0.25) is 14.4 Å². The van der Waals surface area contributed by atoms with Crippen LogP contribution in [0.5, 0.6) is 5.75 Å². The number of hydrogen-bond donors (Lipinski definition) is 3. The van der Waals surface area contributed by atoms with Crippen molar-refractivity contribution in [3.63, 3.8) is 0 Å². The smallest absolute Gasteiger partial charge is 0.245 e. The van der Waals surface area contributed by atoms with Gasteiger partial charge >= 0.3 is 0 Å². The first-order valence-corrected chi connectivity index (χ1v) is 10.5. The summed E-state index contributed by atoms with van der Waals surface area (Å²) in [4.78, 5) is 40.4. The van der Waals surface area contributed by atoms with Crippen LogP contribution in [0.3, 0.4) is 0 Å². The summed E-state index contributed by atoms with van der Waals surface area (Å²) in [5.41, 5.74) is 13.7. The maximum atomic E-state index is 13.1. The maximum absolute atomic E-state index is 13.1. The lowest BCUT2D eigenvalue weighted by Crippen LogP contribution is -2.55. The number of phenols is 1. The van der Waals surface area contributed by atoms with E-state index in [1.54, 1.807) is 38.1 Å². The number of aryl methyl sites for hydroxylation is 1. The van der Waals surface area contributed by atoms with Crippen molar-refractivity contribution in [2.75, 3.05) is 14.1 Å². The Morgan fingerprint density at radius 3 is 2.09 bits per heavy atom. The van der Waals surface area contributed by atoms with Crippen LogP contribution in [0.1, 0.15) is 23.6 Å². The Balaban J connectivity index is 2.08. The predicted molar refractivity (Wildman–Crippen MR) is 123 cm³/mol. The highest BCUT2D eigenvalue weighted by Gasteiger charge is 2.33. The van der Waals surface area contributed by atoms with Gasteiger partial charge < -0.3 is 26.4 Å². The Kier molecular flexibility index (Phi) is 8.53. The van der Waals surface area contributed by atoms with Crippen LogP contribution in [-0.4, -0.2) is 64.8 Å². The van der Waals surface area contributed by atoms with Gasteiger partial charge in [0.1, 0.15) is 23.7 Å². The summed E-state index contributed by atoms with van der Waals surface area (Å²) in [6.45, 7) is 3.27. The zero-order chi connectivity index (χ0) is 24.9. The van der Waals surface area contributed by atoms with Crippen molar-refractivity contribution in [1.29, 1.82) is 0 Å². The van der Waals surface area contributed by atoms with E-state index in [1.807, 2.05) is 0 Å². The lowest BCUT2D eigenvalue weighted by molar-refractivity contribution is -0.146. The predicted octanol–water partition coefficient (Wildman–Crippen LogP) is 1.11. The molecule has 2 rings (SSSR count). The third-order valence-electron chi connectivity index (χ3n) is 5.81. The first-order valence-electron chi connectivity index (χ1n) is 10.5. The van der Waals surface area contributed by atoms with Crippen LogP contribution in [0.25, 0.3) is 0 Å². The molecule has 2 aromatic rings. The van der Waals surface area contributed by atoms with Crippen molar-refractivity contribution in [2.45, 2.75) is 44.8 Å². The number of nitrogens with zero attached hydrogens (tertiary/aromatic N) is 2. The molecule has 0 heterocycles. The fourth-order valence-electron chi connectivity index (χ4n) is 3.52. The van der Waals surface area contributed by atoms with Crippen molar-refractivity contribution < 1.29 is 23.9 Å². The Hall–Kier alpha value is -3.46. The minimum absolute atomic E-state index is 0.129. The summed E-state index contributed by atoms with van der Waals surface area (Å²) < 4.78 is 13.1. The van der Waals surface area contributed by atoms with Gasteiger partial charge in [0.15, 0.2) is 0 Å². The molecule has 3 atom stereocenters. The van der Waals surface area contributed by atoms with Gasteiger partial charge in [-0.1, -0.05) is 24.3 Å². The fraction of sp³-hybridized carbons (Fsp3) is 0.375. The fourth-order valence-corrected chi connectivity index (χ4v) is 3.52. The van der Waals surface area contributed by atoms with E-state index in [9.17, 15) is 23.9 Å². The number of rotatable bonds is 9. The molecule has 0 saturated heterocycles. The molecular formula is C24H31FN4O4. The van der Waals surface area contributed by atoms with Gasteiger partial charge in [0.2, 0.25) is 17.7 Å². The highest BCUT2D eigenvalue weighted by Crippen LogP contribution is 2.19. The van der Waals surface area contributed by atoms with Crippen LogP contribution in [0, 0.1) is 12.7 Å². The zero-order valence-corrected chi connectivity index (χ0v) is 19.3. The normalized spacial score (nSPS) is 13.6. The van der Waals surface area contributed by atoms with Crippen LogP contribution >= 0.6 is 0 Å². The minimum Gasteiger partial charge on any atom is -0.508 e. The van der Waals surface area contributed by atoms with Gasteiger partial charge in [-0.2, -0.15) is 0 Å². The Labute approximate surface area is 193 Å². The number of aromatic hydroxyl groups is 1. The lowest BCUT2D eigenvalue weighted by atomic mass is 10.0. The average molecular weight is 459 g/mol. The maximum Gasteiger partial charge on any atom is 0.245 e. The summed E-state index contributed by atoms with van der Waals surface area (Å²) in [7, 11) is 2.92. The van der Waals surface area contributed by atoms with Crippen LogP contribution < -0.4 is 11.5 Å². The van der Waals surface area contributed by atoms with Crippen molar-refractivity contribution in [1.82, 2.24) is 9.80 Å². The van der Waals surface area contributed by atoms with E-state index < -0.39 is 35.8 Å². The molecule has 0 saturated carbocycles. The summed E-state index contributed by atoms with van der Waals surface area (Å²) in [6.07, 6.45) is 0.345. The number of halogens is 1. The number of hydrogen-bond acceptors (Lipinski definition) is 5. The quantitative estimate of drug-likeness (QED) is 0.518. The minimum atomic E-state index is -0.944. The van der Waals surface area contributed by atoms with Crippen molar-refractivity contribution in [3.8, 4) is 5.75 Å². The molecule has 0 unspecified atom stereocenters. The van der Waals surface area contributed by atoms with Crippen molar-refractivity contribution in [2.24, 2.45) is 11.5 Å². The van der Waals surface area contributed by atoms with Crippen LogP contribution in [-0.2, 0) is 27.2 Å². The first-order chi connectivity index (χ1) is 15.4. The summed E-state index contributed by atoms with van der Waals surface area (Å²) in [5.74, 6) is -1.88. The highest BCUT2D eigenvalue weighted by atomic mass is 19.1. The molecule has 9 heteroatoms. The van der Waals surface area contributed by atoms with Gasteiger partial charge in [0, 0.05) is 20.5 Å². The molecule has 33 heavy (non-hydrogen) atoms. The van der Waals surface area contributed by atoms with Gasteiger partial charge in [0.05, 0.1) is 6.04 Å². The molecule has 0 aliphatic heterocycles. The third kappa shape index (κ3) is 6.52. The summed E-state index contributed by atoms with van der Waals surface area (Å²) in [5, 5.41) is 9.70. The molecular weight excluding hydrogens is 427 g/mol. The largest absolute Gasteiger partial charge is 0.508 e. The Bertz CT molecular complexity index is 1010. The molecule has 0 aliphatic rings. The Morgan fingerprint density at radius 1 is 0.970 bits per heavy atom. The molecule has 0 spiro atoms. The number of benzene rings is 2. The monoisotopic (exact) mass is 458 g/mol. The van der Waals surface area contributed by atoms with Gasteiger partial charge in [-0.15, -0.1) is 0 Å². The number of likely N-dealkylation sites (N-methyl/N-ethyl adjacent to an activating group) is 2. The number of carbonyl (C=O) groups is 3. The second kappa shape index (κ2) is 10.9. The molecule has 2 aromatic carbocycles. The molecule has 0 aliphatic carbocycles. The number of phenolic OH excluding ortho intramolecular Hbond substituents is 1. The zero-order valence-electron chi connectivity index (χ0n) is 19.3. The molecule has 5 N–H and O–H groups in total. The Morgan fingerprint density at radius 2 is 1.55 bits per heavy atom. The van der Waals surface area contributed by atoms with E-state index in [0.717, 1.165) is 5.56 Å².